The molecule has 0 aliphatic carbocycles. The van der Waals surface area contributed by atoms with Crippen LogP contribution in [0.3, 0.4) is 0 Å². The molecule has 0 spiro atoms. The van der Waals surface area contributed by atoms with Gasteiger partial charge in [-0.3, -0.25) is 4.79 Å². The molecule has 1 amide bonds. The summed E-state index contributed by atoms with van der Waals surface area (Å²) < 4.78 is 5.65. The zero-order chi connectivity index (χ0) is 17.8. The Hall–Kier alpha value is -3.05. The topological polar surface area (TPSA) is 84.6 Å². The highest BCUT2D eigenvalue weighted by atomic mass is 16.5. The van der Waals surface area contributed by atoms with Crippen molar-refractivity contribution in [3.63, 3.8) is 0 Å². The second-order valence-corrected chi connectivity index (χ2v) is 5.81. The number of amides is 1. The zero-order valence-corrected chi connectivity index (χ0v) is 14.0. The highest BCUT2D eigenvalue weighted by molar-refractivity contribution is 6.09. The molecule has 0 heterocycles. The molecule has 128 valence electrons. The van der Waals surface area contributed by atoms with Crippen LogP contribution >= 0.6 is 0 Å². The van der Waals surface area contributed by atoms with Gasteiger partial charge in [0.05, 0.1) is 11.3 Å². The highest BCUT2D eigenvalue weighted by Gasteiger charge is 2.16. The van der Waals surface area contributed by atoms with E-state index in [1.54, 1.807) is 18.2 Å². The Morgan fingerprint density at radius 2 is 1.84 bits per heavy atom. The zero-order valence-electron chi connectivity index (χ0n) is 14.0. The number of hydrogen-bond donors (Lipinski definition) is 3. The van der Waals surface area contributed by atoms with Crippen LogP contribution in [0.2, 0.25) is 0 Å². The molecule has 3 aromatic carbocycles. The lowest BCUT2D eigenvalue weighted by Gasteiger charge is -2.13. The van der Waals surface area contributed by atoms with Gasteiger partial charge in [-0.05, 0) is 47.5 Å². The molecule has 0 bridgehead atoms. The van der Waals surface area contributed by atoms with E-state index in [9.17, 15) is 9.90 Å². The van der Waals surface area contributed by atoms with E-state index in [0.29, 0.717) is 30.2 Å². The monoisotopic (exact) mass is 336 g/mol. The Kier molecular flexibility index (Phi) is 4.86. The van der Waals surface area contributed by atoms with Crippen LogP contribution in [0.25, 0.3) is 10.8 Å². The summed E-state index contributed by atoms with van der Waals surface area (Å²) in [6, 6.07) is 16.4. The lowest BCUT2D eigenvalue weighted by molar-refractivity contribution is 0.102. The van der Waals surface area contributed by atoms with Crippen LogP contribution < -0.4 is 15.8 Å². The van der Waals surface area contributed by atoms with Crippen molar-refractivity contribution in [2.45, 2.75) is 6.92 Å². The van der Waals surface area contributed by atoms with Crippen LogP contribution in [0.5, 0.6) is 11.5 Å². The second kappa shape index (κ2) is 7.23. The lowest BCUT2D eigenvalue weighted by atomic mass is 10.0. The molecule has 5 heteroatoms. The van der Waals surface area contributed by atoms with Crippen LogP contribution in [0.15, 0.2) is 54.6 Å². The van der Waals surface area contributed by atoms with Gasteiger partial charge < -0.3 is 20.9 Å². The number of phenolic OH excluding ortho intramolecular Hbond substituents is 1. The van der Waals surface area contributed by atoms with Crippen LogP contribution in [0.4, 0.5) is 5.69 Å². The van der Waals surface area contributed by atoms with Gasteiger partial charge in [-0.2, -0.15) is 0 Å². The molecule has 25 heavy (non-hydrogen) atoms. The molecule has 3 aromatic rings. The number of rotatable bonds is 5. The maximum atomic E-state index is 12.7. The van der Waals surface area contributed by atoms with Crippen LogP contribution in [-0.2, 0) is 0 Å². The molecular formula is C20H20N2O3. The van der Waals surface area contributed by atoms with E-state index >= 15 is 0 Å². The molecule has 4 N–H and O–H groups in total. The molecule has 0 aliphatic rings. The number of phenols is 1. The molecule has 0 saturated heterocycles. The number of aryl methyl sites for hydroxylation is 1. The quantitative estimate of drug-likeness (QED) is 0.623. The summed E-state index contributed by atoms with van der Waals surface area (Å²) in [5.74, 6) is 0.142. The number of carbonyl (C=O) groups is 1. The molecule has 0 aliphatic heterocycles. The third-order valence-electron chi connectivity index (χ3n) is 3.87. The van der Waals surface area contributed by atoms with Gasteiger partial charge in [0.1, 0.15) is 18.1 Å². The number of carbonyl (C=O) groups excluding carboxylic acids is 1. The van der Waals surface area contributed by atoms with Crippen molar-refractivity contribution in [3.8, 4) is 11.5 Å². The van der Waals surface area contributed by atoms with Crippen molar-refractivity contribution in [1.29, 1.82) is 0 Å². The molecule has 3 rings (SSSR count). The largest absolute Gasteiger partial charge is 0.506 e. The fraction of sp³-hybridized carbons (Fsp3) is 0.150. The number of nitrogens with two attached hydrogens (primary N) is 1. The van der Waals surface area contributed by atoms with Crippen LogP contribution in [0, 0.1) is 6.92 Å². The van der Waals surface area contributed by atoms with Crippen molar-refractivity contribution in [1.82, 2.24) is 0 Å². The molecular weight excluding hydrogens is 316 g/mol. The summed E-state index contributed by atoms with van der Waals surface area (Å²) in [6.45, 7) is 2.54. The van der Waals surface area contributed by atoms with Gasteiger partial charge in [0.2, 0.25) is 0 Å². The maximum absolute atomic E-state index is 12.7. The standard InChI is InChI=1S/C20H20N2O3/c1-13-6-7-17(18(23)10-13)22-20(24)16-11-14-4-2-3-5-15(14)12-19(16)25-9-8-21/h2-7,10-12,23H,8-9,21H2,1H3,(H,22,24). The number of benzene rings is 3. The summed E-state index contributed by atoms with van der Waals surface area (Å²) in [5.41, 5.74) is 7.18. The third kappa shape index (κ3) is 3.72. The van der Waals surface area contributed by atoms with Crippen LogP contribution in [-0.4, -0.2) is 24.2 Å². The number of ether oxygens (including phenoxy) is 1. The van der Waals surface area contributed by atoms with Crippen molar-refractivity contribution < 1.29 is 14.6 Å². The first-order valence-electron chi connectivity index (χ1n) is 8.05. The van der Waals surface area contributed by atoms with Crippen molar-refractivity contribution in [3.05, 3.63) is 65.7 Å². The van der Waals surface area contributed by atoms with Gasteiger partial charge in [-0.25, -0.2) is 0 Å². The van der Waals surface area contributed by atoms with Gasteiger partial charge in [-0.1, -0.05) is 30.3 Å². The van der Waals surface area contributed by atoms with E-state index in [1.165, 1.54) is 0 Å². The van der Waals surface area contributed by atoms with E-state index < -0.39 is 0 Å². The molecule has 0 unspecified atom stereocenters. The molecule has 0 atom stereocenters. The van der Waals surface area contributed by atoms with Gasteiger partial charge in [0.25, 0.3) is 5.91 Å². The minimum atomic E-state index is -0.350. The molecule has 0 aromatic heterocycles. The highest BCUT2D eigenvalue weighted by Crippen LogP contribution is 2.29. The van der Waals surface area contributed by atoms with Crippen molar-refractivity contribution >= 4 is 22.4 Å². The van der Waals surface area contributed by atoms with Gasteiger partial charge >= 0.3 is 0 Å². The number of hydrogen-bond acceptors (Lipinski definition) is 4. The maximum Gasteiger partial charge on any atom is 0.259 e. The predicted octanol–water partition coefficient (Wildman–Crippen LogP) is 3.44. The fourth-order valence-corrected chi connectivity index (χ4v) is 2.62. The SMILES string of the molecule is Cc1ccc(NC(=O)c2cc3ccccc3cc2OCCN)c(O)c1. The average molecular weight is 336 g/mol. The summed E-state index contributed by atoms with van der Waals surface area (Å²) >= 11 is 0. The summed E-state index contributed by atoms with van der Waals surface area (Å²) in [5, 5.41) is 14.6. The lowest BCUT2D eigenvalue weighted by Crippen LogP contribution is -2.16. The van der Waals surface area contributed by atoms with Gasteiger partial charge in [0.15, 0.2) is 0 Å². The summed E-state index contributed by atoms with van der Waals surface area (Å²) in [4.78, 5) is 12.7. The third-order valence-corrected chi connectivity index (χ3v) is 3.87. The number of fused-ring (bicyclic) bond motifs is 1. The van der Waals surface area contributed by atoms with E-state index in [4.69, 9.17) is 10.5 Å². The second-order valence-electron chi connectivity index (χ2n) is 5.81. The van der Waals surface area contributed by atoms with E-state index in [-0.39, 0.29) is 11.7 Å². The van der Waals surface area contributed by atoms with Gasteiger partial charge in [-0.15, -0.1) is 0 Å². The summed E-state index contributed by atoms with van der Waals surface area (Å²) in [7, 11) is 0. The molecule has 0 saturated carbocycles. The molecule has 0 fully saturated rings. The Balaban J connectivity index is 1.98. The smallest absolute Gasteiger partial charge is 0.259 e. The van der Waals surface area contributed by atoms with Crippen molar-refractivity contribution in [2.24, 2.45) is 5.73 Å². The van der Waals surface area contributed by atoms with Crippen molar-refractivity contribution in [2.75, 3.05) is 18.5 Å². The predicted molar refractivity (Wildman–Crippen MR) is 99.3 cm³/mol. The fourth-order valence-electron chi connectivity index (χ4n) is 2.62. The van der Waals surface area contributed by atoms with E-state index in [1.807, 2.05) is 43.3 Å². The first-order chi connectivity index (χ1) is 12.1. The minimum Gasteiger partial charge on any atom is -0.506 e. The first-order valence-corrected chi connectivity index (χ1v) is 8.05. The van der Waals surface area contributed by atoms with E-state index in [2.05, 4.69) is 5.32 Å². The Bertz CT molecular complexity index is 922. The minimum absolute atomic E-state index is 0.0264. The number of aromatic hydroxyl groups is 1. The normalized spacial score (nSPS) is 10.6. The Morgan fingerprint density at radius 1 is 1.12 bits per heavy atom. The number of nitrogens with one attached hydrogen (secondary N) is 1. The number of anilines is 1. The molecule has 0 radical (unpaired) electrons. The Morgan fingerprint density at radius 3 is 2.52 bits per heavy atom. The van der Waals surface area contributed by atoms with E-state index in [0.717, 1.165) is 16.3 Å². The molecule has 5 nitrogen and oxygen atoms in total. The van der Waals surface area contributed by atoms with Gasteiger partial charge in [0, 0.05) is 6.54 Å². The Labute approximate surface area is 146 Å². The average Bonchev–Trinajstić information content (AvgIpc) is 2.61. The van der Waals surface area contributed by atoms with Crippen LogP contribution in [0.1, 0.15) is 15.9 Å². The first kappa shape index (κ1) is 16.8. The summed E-state index contributed by atoms with van der Waals surface area (Å²) in [6.07, 6.45) is 0.